The van der Waals surface area contributed by atoms with Gasteiger partial charge < -0.3 is 0 Å². The molecular formula is C14H13Cl2N3O4S2. The molecule has 134 valence electrons. The quantitative estimate of drug-likeness (QED) is 0.697. The molecule has 0 unspecified atom stereocenters. The van der Waals surface area contributed by atoms with E-state index >= 15 is 0 Å². The van der Waals surface area contributed by atoms with Gasteiger partial charge in [0, 0.05) is 11.7 Å². The van der Waals surface area contributed by atoms with Gasteiger partial charge in [-0.3, -0.25) is 4.72 Å². The van der Waals surface area contributed by atoms with Crippen LogP contribution in [0.15, 0.2) is 46.2 Å². The van der Waals surface area contributed by atoms with Gasteiger partial charge in [0.2, 0.25) is 10.0 Å². The fourth-order valence-corrected chi connectivity index (χ4v) is 5.03. The first kappa shape index (κ1) is 18.4. The zero-order valence-electron chi connectivity index (χ0n) is 12.6. The number of hydrogen-bond donors (Lipinski definition) is 2. The van der Waals surface area contributed by atoms with E-state index in [1.807, 2.05) is 0 Å². The van der Waals surface area contributed by atoms with Crippen LogP contribution in [0.4, 0.5) is 5.69 Å². The van der Waals surface area contributed by atoms with Crippen LogP contribution < -0.4 is 9.44 Å². The summed E-state index contributed by atoms with van der Waals surface area (Å²) in [4.78, 5) is 3.52. The zero-order valence-corrected chi connectivity index (χ0v) is 15.8. The Morgan fingerprint density at radius 3 is 2.12 bits per heavy atom. The number of anilines is 1. The molecule has 0 atom stereocenters. The van der Waals surface area contributed by atoms with E-state index in [1.54, 1.807) is 0 Å². The molecule has 1 aromatic carbocycles. The maximum absolute atomic E-state index is 12.4. The topological polar surface area (TPSA) is 105 Å². The molecule has 11 heteroatoms. The molecule has 0 saturated heterocycles. The van der Waals surface area contributed by atoms with E-state index in [9.17, 15) is 16.8 Å². The summed E-state index contributed by atoms with van der Waals surface area (Å²) in [6.07, 6.45) is 1.65. The highest BCUT2D eigenvalue weighted by molar-refractivity contribution is 7.92. The van der Waals surface area contributed by atoms with Crippen LogP contribution in [0.3, 0.4) is 0 Å². The molecule has 7 nitrogen and oxygen atoms in total. The van der Waals surface area contributed by atoms with Gasteiger partial charge in [-0.15, -0.1) is 0 Å². The molecule has 1 saturated carbocycles. The molecule has 0 spiro atoms. The predicted molar refractivity (Wildman–Crippen MR) is 94.9 cm³/mol. The lowest BCUT2D eigenvalue weighted by Crippen LogP contribution is -2.25. The number of sulfonamides is 2. The summed E-state index contributed by atoms with van der Waals surface area (Å²) >= 11 is 11.5. The maximum Gasteiger partial charge on any atom is 0.264 e. The summed E-state index contributed by atoms with van der Waals surface area (Å²) in [5.74, 6) is 0. The third-order valence-corrected chi connectivity index (χ3v) is 6.95. The Kier molecular flexibility index (Phi) is 4.95. The Labute approximate surface area is 155 Å². The molecule has 1 fully saturated rings. The summed E-state index contributed by atoms with van der Waals surface area (Å²) in [5, 5.41) is -0.186. The molecule has 2 N–H and O–H groups in total. The Morgan fingerprint density at radius 1 is 0.920 bits per heavy atom. The van der Waals surface area contributed by atoms with E-state index < -0.39 is 20.0 Å². The molecule has 0 aliphatic heterocycles. The van der Waals surface area contributed by atoms with Gasteiger partial charge in [0.15, 0.2) is 5.15 Å². The summed E-state index contributed by atoms with van der Waals surface area (Å²) in [6, 6.07) is 7.89. The smallest absolute Gasteiger partial charge is 0.264 e. The third-order valence-electron chi connectivity index (χ3n) is 3.39. The van der Waals surface area contributed by atoms with Gasteiger partial charge in [-0.25, -0.2) is 26.5 Å². The van der Waals surface area contributed by atoms with Crippen molar-refractivity contribution in [1.82, 2.24) is 9.71 Å². The first-order chi connectivity index (χ1) is 11.7. The average molecular weight is 422 g/mol. The minimum Gasteiger partial charge on any atom is -0.280 e. The molecule has 25 heavy (non-hydrogen) atoms. The van der Waals surface area contributed by atoms with Crippen molar-refractivity contribution >= 4 is 48.9 Å². The molecule has 0 bridgehead atoms. The van der Waals surface area contributed by atoms with E-state index in [0.717, 1.165) is 12.8 Å². The lowest BCUT2D eigenvalue weighted by Gasteiger charge is -2.10. The van der Waals surface area contributed by atoms with Crippen LogP contribution in [0.25, 0.3) is 0 Å². The zero-order chi connectivity index (χ0) is 18.2. The van der Waals surface area contributed by atoms with Crippen molar-refractivity contribution < 1.29 is 16.8 Å². The fraction of sp³-hybridized carbons (Fsp3) is 0.214. The first-order valence-corrected chi connectivity index (χ1v) is 10.9. The van der Waals surface area contributed by atoms with Crippen molar-refractivity contribution in [2.45, 2.75) is 28.7 Å². The molecule has 1 aliphatic carbocycles. The number of nitrogens with zero attached hydrogens (tertiary/aromatic N) is 1. The number of benzene rings is 1. The molecule has 0 radical (unpaired) electrons. The minimum absolute atomic E-state index is 0.0114. The molecule has 1 heterocycles. The lowest BCUT2D eigenvalue weighted by atomic mass is 10.3. The van der Waals surface area contributed by atoms with Crippen molar-refractivity contribution in [2.75, 3.05) is 4.72 Å². The van der Waals surface area contributed by atoms with Gasteiger partial charge >= 0.3 is 0 Å². The van der Waals surface area contributed by atoms with Gasteiger partial charge in [0.25, 0.3) is 10.0 Å². The highest BCUT2D eigenvalue weighted by Crippen LogP contribution is 2.25. The highest BCUT2D eigenvalue weighted by Gasteiger charge is 2.28. The molecule has 2 aromatic rings. The third kappa shape index (κ3) is 4.42. The summed E-state index contributed by atoms with van der Waals surface area (Å²) in [7, 11) is -7.58. The summed E-state index contributed by atoms with van der Waals surface area (Å²) in [5.41, 5.74) is 0.191. The van der Waals surface area contributed by atoms with Crippen LogP contribution in [-0.4, -0.2) is 27.9 Å². The standard InChI is InChI=1S/C14H13Cl2N3O4S2/c15-13-8-7-12(14(16)17-13)25(22,23)19-10-3-5-11(6-4-10)24(20,21)18-9-1-2-9/h3-9,18-19H,1-2H2. The second-order valence-electron chi connectivity index (χ2n) is 5.45. The number of pyridine rings is 1. The Morgan fingerprint density at radius 2 is 1.56 bits per heavy atom. The largest absolute Gasteiger partial charge is 0.280 e. The van der Waals surface area contributed by atoms with Crippen molar-refractivity contribution in [3.05, 3.63) is 46.7 Å². The number of halogens is 2. The Bertz CT molecular complexity index is 1000. The van der Waals surface area contributed by atoms with E-state index in [-0.39, 0.29) is 31.8 Å². The van der Waals surface area contributed by atoms with Gasteiger partial charge in [-0.2, -0.15) is 0 Å². The van der Waals surface area contributed by atoms with Crippen molar-refractivity contribution in [2.24, 2.45) is 0 Å². The van der Waals surface area contributed by atoms with Crippen LogP contribution in [0.5, 0.6) is 0 Å². The highest BCUT2D eigenvalue weighted by atomic mass is 35.5. The number of aromatic nitrogens is 1. The maximum atomic E-state index is 12.4. The summed E-state index contributed by atoms with van der Waals surface area (Å²) < 4.78 is 53.8. The normalized spacial score (nSPS) is 15.1. The molecule has 1 aromatic heterocycles. The fourth-order valence-electron chi connectivity index (χ4n) is 2.00. The number of hydrogen-bond acceptors (Lipinski definition) is 5. The minimum atomic E-state index is -3.99. The second kappa shape index (κ2) is 6.73. The average Bonchev–Trinajstić information content (AvgIpc) is 3.30. The van der Waals surface area contributed by atoms with E-state index in [2.05, 4.69) is 14.4 Å². The van der Waals surface area contributed by atoms with Crippen LogP contribution >= 0.6 is 23.2 Å². The monoisotopic (exact) mass is 421 g/mol. The van der Waals surface area contributed by atoms with Crippen LogP contribution in [0.2, 0.25) is 10.3 Å². The van der Waals surface area contributed by atoms with Crippen LogP contribution in [0.1, 0.15) is 12.8 Å². The van der Waals surface area contributed by atoms with Gasteiger partial charge in [0.1, 0.15) is 10.0 Å². The SMILES string of the molecule is O=S(=O)(NC1CC1)c1ccc(NS(=O)(=O)c2ccc(Cl)nc2Cl)cc1. The van der Waals surface area contributed by atoms with Gasteiger partial charge in [0.05, 0.1) is 4.90 Å². The lowest BCUT2D eigenvalue weighted by molar-refractivity contribution is 0.581. The Hall–Kier alpha value is -1.39. The van der Waals surface area contributed by atoms with E-state index in [4.69, 9.17) is 23.2 Å². The second-order valence-corrected chi connectivity index (χ2v) is 9.56. The molecular weight excluding hydrogens is 409 g/mol. The Balaban J connectivity index is 1.80. The molecule has 0 amide bonds. The molecule has 3 rings (SSSR count). The predicted octanol–water partition coefficient (Wildman–Crippen LogP) is 2.63. The van der Waals surface area contributed by atoms with Crippen molar-refractivity contribution in [3.8, 4) is 0 Å². The summed E-state index contributed by atoms with van der Waals surface area (Å²) in [6.45, 7) is 0. The number of nitrogens with one attached hydrogen (secondary N) is 2. The first-order valence-electron chi connectivity index (χ1n) is 7.15. The number of rotatable bonds is 6. The van der Waals surface area contributed by atoms with Crippen LogP contribution in [0, 0.1) is 0 Å². The van der Waals surface area contributed by atoms with E-state index in [0.29, 0.717) is 0 Å². The van der Waals surface area contributed by atoms with E-state index in [1.165, 1.54) is 36.4 Å². The van der Waals surface area contributed by atoms with Gasteiger partial charge in [-0.1, -0.05) is 23.2 Å². The van der Waals surface area contributed by atoms with Crippen LogP contribution in [-0.2, 0) is 20.0 Å². The van der Waals surface area contributed by atoms with Crippen molar-refractivity contribution in [3.63, 3.8) is 0 Å². The molecule has 1 aliphatic rings. The van der Waals surface area contributed by atoms with Gasteiger partial charge in [-0.05, 0) is 49.2 Å². The van der Waals surface area contributed by atoms with Crippen molar-refractivity contribution in [1.29, 1.82) is 0 Å².